The number of fused-ring (bicyclic) bond motifs is 3. The van der Waals surface area contributed by atoms with Crippen molar-refractivity contribution in [2.24, 2.45) is 5.73 Å². The lowest BCUT2D eigenvalue weighted by Crippen LogP contribution is -2.57. The fraction of sp³-hybridized carbons (Fsp3) is 0.318. The van der Waals surface area contributed by atoms with Gasteiger partial charge < -0.3 is 20.6 Å². The Morgan fingerprint density at radius 3 is 2.21 bits per heavy atom. The summed E-state index contributed by atoms with van der Waals surface area (Å²) in [5, 5.41) is 9.52. The van der Waals surface area contributed by atoms with Gasteiger partial charge in [-0.25, -0.2) is 4.39 Å². The van der Waals surface area contributed by atoms with E-state index in [0.29, 0.717) is 23.7 Å². The zero-order chi connectivity index (χ0) is 24.6. The molecule has 1 aliphatic heterocycles. The number of primary amides is 1. The Hall–Kier alpha value is -3.47. The number of rotatable bonds is 6. The van der Waals surface area contributed by atoms with Crippen molar-refractivity contribution in [3.8, 4) is 11.1 Å². The van der Waals surface area contributed by atoms with E-state index in [1.807, 2.05) is 0 Å². The van der Waals surface area contributed by atoms with Crippen LogP contribution in [0.5, 0.6) is 0 Å². The molecule has 2 aromatic rings. The van der Waals surface area contributed by atoms with E-state index < -0.39 is 48.8 Å². The number of para-hydroxylation sites is 1. The minimum absolute atomic E-state index is 0.00765. The van der Waals surface area contributed by atoms with Crippen LogP contribution in [0.3, 0.4) is 0 Å². The van der Waals surface area contributed by atoms with Gasteiger partial charge in [0.2, 0.25) is 0 Å². The van der Waals surface area contributed by atoms with E-state index in [1.54, 1.807) is 36.4 Å². The number of alkyl halides is 4. The first-order valence-corrected chi connectivity index (χ1v) is 9.87. The van der Waals surface area contributed by atoms with Crippen molar-refractivity contribution in [1.29, 1.82) is 0 Å². The number of carbonyl (C=O) groups is 3. The predicted molar refractivity (Wildman–Crippen MR) is 111 cm³/mol. The monoisotopic (exact) mass is 467 g/mol. The quantitative estimate of drug-likeness (QED) is 0.503. The summed E-state index contributed by atoms with van der Waals surface area (Å²) >= 11 is 0. The van der Waals surface area contributed by atoms with Gasteiger partial charge in [-0.3, -0.25) is 14.4 Å². The van der Waals surface area contributed by atoms with E-state index in [4.69, 9.17) is 5.73 Å². The summed E-state index contributed by atoms with van der Waals surface area (Å²) in [5.74, 6) is -4.68. The summed E-state index contributed by atoms with van der Waals surface area (Å²) in [6.45, 7) is -2.38. The molecule has 0 saturated carbocycles. The Balaban J connectivity index is 2.30. The summed E-state index contributed by atoms with van der Waals surface area (Å²) in [6.07, 6.45) is -5.03. The first kappa shape index (κ1) is 24.2. The molecule has 0 bridgehead atoms. The number of halogens is 4. The Morgan fingerprint density at radius 2 is 1.64 bits per heavy atom. The zero-order valence-electron chi connectivity index (χ0n) is 17.5. The topological polar surface area (TPSA) is 104 Å². The van der Waals surface area contributed by atoms with Gasteiger partial charge >= 0.3 is 6.18 Å². The molecule has 3 N–H and O–H groups in total. The van der Waals surface area contributed by atoms with E-state index in [1.165, 1.54) is 12.1 Å². The second-order valence-electron chi connectivity index (χ2n) is 7.64. The second kappa shape index (κ2) is 8.81. The van der Waals surface area contributed by atoms with Gasteiger partial charge in [0.1, 0.15) is 12.6 Å². The normalized spacial score (nSPS) is 17.5. The van der Waals surface area contributed by atoms with Crippen molar-refractivity contribution in [1.82, 2.24) is 4.90 Å². The highest BCUT2D eigenvalue weighted by atomic mass is 19.4. The van der Waals surface area contributed by atoms with Crippen LogP contribution in [-0.4, -0.2) is 59.3 Å². The number of nitrogens with two attached hydrogens (primary N) is 1. The lowest BCUT2D eigenvalue weighted by molar-refractivity contribution is -0.176. The van der Waals surface area contributed by atoms with Gasteiger partial charge in [0.15, 0.2) is 0 Å². The number of anilines is 1. The SMILES string of the molecule is C[C@@](F)(C(N)=O)C(=O)N(CC(F)(F)F)[C@@H]1C(=O)N(CCO)c2ccccc2-c2ccccc21. The van der Waals surface area contributed by atoms with Gasteiger partial charge in [0.25, 0.3) is 23.4 Å². The Kier molecular flexibility index (Phi) is 6.46. The number of aliphatic hydroxyl groups is 1. The maximum absolute atomic E-state index is 14.9. The molecule has 7 nitrogen and oxygen atoms in total. The van der Waals surface area contributed by atoms with Crippen LogP contribution in [0.2, 0.25) is 0 Å². The molecule has 3 amide bonds. The minimum atomic E-state index is -5.03. The summed E-state index contributed by atoms with van der Waals surface area (Å²) in [7, 11) is 0. The lowest BCUT2D eigenvalue weighted by Gasteiger charge is -2.36. The average Bonchev–Trinajstić information content (AvgIpc) is 2.85. The Morgan fingerprint density at radius 1 is 1.06 bits per heavy atom. The maximum atomic E-state index is 14.9. The van der Waals surface area contributed by atoms with E-state index in [0.717, 1.165) is 4.90 Å². The third-order valence-corrected chi connectivity index (χ3v) is 5.35. The number of hydrogen-bond acceptors (Lipinski definition) is 4. The number of β-amino-alcohol motifs (C(OH)–C–C–N with tert-alkyl or cyclic N) is 1. The fourth-order valence-electron chi connectivity index (χ4n) is 3.80. The Labute approximate surface area is 186 Å². The standard InChI is InChI=1S/C22H21F4N3O4/c1-21(23,19(27)32)20(33)29(12-22(24,25)26)17-15-8-3-2-6-13(15)14-7-4-5-9-16(14)28(10-11-30)18(17)31/h2-9,17,30H,10-12H2,1H3,(H2,27,32)/t17-,21+/m0/s1. The van der Waals surface area contributed by atoms with Crippen LogP contribution in [0, 0.1) is 0 Å². The zero-order valence-corrected chi connectivity index (χ0v) is 17.5. The average molecular weight is 467 g/mol. The molecule has 1 heterocycles. The molecule has 33 heavy (non-hydrogen) atoms. The first-order chi connectivity index (χ1) is 15.4. The molecule has 3 rings (SSSR count). The third-order valence-electron chi connectivity index (χ3n) is 5.35. The van der Waals surface area contributed by atoms with Gasteiger partial charge in [-0.05, 0) is 24.1 Å². The smallest absolute Gasteiger partial charge is 0.395 e. The summed E-state index contributed by atoms with van der Waals surface area (Å²) in [4.78, 5) is 39.1. The van der Waals surface area contributed by atoms with E-state index in [9.17, 15) is 37.1 Å². The minimum Gasteiger partial charge on any atom is -0.395 e. The highest BCUT2D eigenvalue weighted by Crippen LogP contribution is 2.43. The largest absolute Gasteiger partial charge is 0.406 e. The molecule has 0 fully saturated rings. The van der Waals surface area contributed by atoms with Gasteiger partial charge in [-0.15, -0.1) is 0 Å². The summed E-state index contributed by atoms with van der Waals surface area (Å²) in [6, 6.07) is 10.5. The van der Waals surface area contributed by atoms with E-state index in [2.05, 4.69) is 0 Å². The molecule has 0 spiro atoms. The molecular weight excluding hydrogens is 446 g/mol. The van der Waals surface area contributed by atoms with Crippen molar-refractivity contribution in [2.45, 2.75) is 24.8 Å². The molecule has 0 aliphatic carbocycles. The molecule has 11 heteroatoms. The maximum Gasteiger partial charge on any atom is 0.406 e. The number of nitrogens with zero attached hydrogens (tertiary/aromatic N) is 2. The van der Waals surface area contributed by atoms with Gasteiger partial charge in [-0.1, -0.05) is 42.5 Å². The van der Waals surface area contributed by atoms with Gasteiger partial charge in [0, 0.05) is 12.1 Å². The van der Waals surface area contributed by atoms with Crippen molar-refractivity contribution < 1.29 is 37.1 Å². The molecule has 0 unspecified atom stereocenters. The van der Waals surface area contributed by atoms with Crippen molar-refractivity contribution >= 4 is 23.4 Å². The van der Waals surface area contributed by atoms with Gasteiger partial charge in [0.05, 0.1) is 12.3 Å². The highest BCUT2D eigenvalue weighted by Gasteiger charge is 2.51. The van der Waals surface area contributed by atoms with Crippen molar-refractivity contribution in [3.05, 3.63) is 54.1 Å². The van der Waals surface area contributed by atoms with Crippen molar-refractivity contribution in [3.63, 3.8) is 0 Å². The highest BCUT2D eigenvalue weighted by molar-refractivity contribution is 6.11. The number of carbonyl (C=O) groups excluding carboxylic acids is 3. The van der Waals surface area contributed by atoms with Crippen LogP contribution >= 0.6 is 0 Å². The fourth-order valence-corrected chi connectivity index (χ4v) is 3.80. The molecule has 176 valence electrons. The van der Waals surface area contributed by atoms with Crippen LogP contribution in [0.25, 0.3) is 11.1 Å². The number of aliphatic hydroxyl groups excluding tert-OH is 1. The molecule has 0 aromatic heterocycles. The summed E-state index contributed by atoms with van der Waals surface area (Å²) < 4.78 is 55.5. The third kappa shape index (κ3) is 4.54. The predicted octanol–water partition coefficient (Wildman–Crippen LogP) is 2.34. The number of benzene rings is 2. The van der Waals surface area contributed by atoms with E-state index >= 15 is 0 Å². The molecule has 1 aliphatic rings. The molecule has 2 atom stereocenters. The van der Waals surface area contributed by atoms with Crippen molar-refractivity contribution in [2.75, 3.05) is 24.6 Å². The van der Waals surface area contributed by atoms with Crippen LogP contribution in [0.15, 0.2) is 48.5 Å². The number of amides is 3. The number of hydrogen-bond donors (Lipinski definition) is 2. The van der Waals surface area contributed by atoms with Crippen LogP contribution < -0.4 is 10.6 Å². The van der Waals surface area contributed by atoms with Crippen LogP contribution in [-0.2, 0) is 14.4 Å². The Bertz CT molecular complexity index is 1090. The summed E-state index contributed by atoms with van der Waals surface area (Å²) in [5.41, 5.74) is 2.55. The second-order valence-corrected chi connectivity index (χ2v) is 7.64. The van der Waals surface area contributed by atoms with Crippen LogP contribution in [0.1, 0.15) is 18.5 Å². The lowest BCUT2D eigenvalue weighted by atomic mass is 9.93. The molecule has 0 radical (unpaired) electrons. The first-order valence-electron chi connectivity index (χ1n) is 9.87. The molecule has 0 saturated heterocycles. The van der Waals surface area contributed by atoms with E-state index in [-0.39, 0.29) is 17.0 Å². The molecule has 2 aromatic carbocycles. The van der Waals surface area contributed by atoms with Gasteiger partial charge in [-0.2, -0.15) is 13.2 Å². The van der Waals surface area contributed by atoms with Crippen LogP contribution in [0.4, 0.5) is 23.2 Å². The molecular formula is C22H21F4N3O4.